The Balaban J connectivity index is 0.00000625. The van der Waals surface area contributed by atoms with Crippen LogP contribution >= 0.6 is 24.0 Å². The van der Waals surface area contributed by atoms with Crippen molar-refractivity contribution in [1.29, 1.82) is 0 Å². The topological polar surface area (TPSA) is 48.9 Å². The van der Waals surface area contributed by atoms with Gasteiger partial charge in [-0.1, -0.05) is 19.9 Å². The van der Waals surface area contributed by atoms with Gasteiger partial charge in [-0.05, 0) is 37.0 Å². The van der Waals surface area contributed by atoms with Gasteiger partial charge in [0.15, 0.2) is 5.96 Å². The lowest BCUT2D eigenvalue weighted by molar-refractivity contribution is 0.0258. The zero-order valence-corrected chi connectivity index (χ0v) is 19.1. The molecule has 1 rings (SSSR count). The maximum Gasteiger partial charge on any atom is 0.191 e. The van der Waals surface area contributed by atoms with Gasteiger partial charge in [-0.15, -0.1) is 24.0 Å². The minimum Gasteiger partial charge on any atom is -0.378 e. The standard InChI is InChI=1S/C19H33FN4O.HI/c1-7-25-18(14(2)3)10-11-22-19(21-4)23-13-15-8-9-17(24(5)6)16(20)12-15;/h8-9,12,14,18H,7,10-11,13H2,1-6H3,(H2,21,22,23);1H. The molecule has 0 fully saturated rings. The van der Waals surface area contributed by atoms with Crippen molar-refractivity contribution in [3.63, 3.8) is 0 Å². The maximum absolute atomic E-state index is 14.0. The summed E-state index contributed by atoms with van der Waals surface area (Å²) in [6.07, 6.45) is 1.15. The quantitative estimate of drug-likeness (QED) is 0.322. The number of rotatable bonds is 9. The number of halogens is 2. The first kappa shape index (κ1) is 24.9. The highest BCUT2D eigenvalue weighted by Gasteiger charge is 2.13. The van der Waals surface area contributed by atoms with Crippen molar-refractivity contribution < 1.29 is 9.13 Å². The highest BCUT2D eigenvalue weighted by atomic mass is 127. The Labute approximate surface area is 174 Å². The van der Waals surface area contributed by atoms with Crippen LogP contribution in [0.2, 0.25) is 0 Å². The summed E-state index contributed by atoms with van der Waals surface area (Å²) in [5, 5.41) is 6.50. The van der Waals surface area contributed by atoms with E-state index >= 15 is 0 Å². The van der Waals surface area contributed by atoms with E-state index in [0.717, 1.165) is 25.1 Å². The largest absolute Gasteiger partial charge is 0.378 e. The molecule has 0 aliphatic carbocycles. The third-order valence-corrected chi connectivity index (χ3v) is 4.02. The molecule has 1 atom stereocenters. The number of hydrogen-bond acceptors (Lipinski definition) is 3. The van der Waals surface area contributed by atoms with E-state index in [-0.39, 0.29) is 35.9 Å². The molecule has 0 amide bonds. The molecular formula is C19H34FIN4O. The average molecular weight is 480 g/mol. The number of nitrogens with zero attached hydrogens (tertiary/aromatic N) is 2. The minimum absolute atomic E-state index is 0. The van der Waals surface area contributed by atoms with Gasteiger partial charge in [0.1, 0.15) is 5.82 Å². The highest BCUT2D eigenvalue weighted by Crippen LogP contribution is 2.18. The third-order valence-electron chi connectivity index (χ3n) is 4.02. The Kier molecular flexibility index (Phi) is 12.6. The lowest BCUT2D eigenvalue weighted by atomic mass is 10.0. The number of nitrogens with one attached hydrogen (secondary N) is 2. The van der Waals surface area contributed by atoms with Crippen molar-refractivity contribution >= 4 is 35.6 Å². The van der Waals surface area contributed by atoms with Crippen LogP contribution in [0, 0.1) is 11.7 Å². The van der Waals surface area contributed by atoms with E-state index in [1.54, 1.807) is 24.1 Å². The molecule has 0 aromatic heterocycles. The van der Waals surface area contributed by atoms with Gasteiger partial charge in [0.25, 0.3) is 0 Å². The van der Waals surface area contributed by atoms with Gasteiger partial charge in [0.05, 0.1) is 11.8 Å². The van der Waals surface area contributed by atoms with Crippen molar-refractivity contribution in [3.05, 3.63) is 29.6 Å². The van der Waals surface area contributed by atoms with E-state index in [9.17, 15) is 4.39 Å². The summed E-state index contributed by atoms with van der Waals surface area (Å²) in [6, 6.07) is 5.26. The molecule has 7 heteroatoms. The van der Waals surface area contributed by atoms with Crippen molar-refractivity contribution in [2.24, 2.45) is 10.9 Å². The maximum atomic E-state index is 14.0. The lowest BCUT2D eigenvalue weighted by Gasteiger charge is -2.21. The van der Waals surface area contributed by atoms with Gasteiger partial charge in [-0.25, -0.2) is 4.39 Å². The number of anilines is 1. The van der Waals surface area contributed by atoms with Crippen molar-refractivity contribution in [1.82, 2.24) is 10.6 Å². The predicted octanol–water partition coefficient (Wildman–Crippen LogP) is 3.63. The van der Waals surface area contributed by atoms with E-state index in [0.29, 0.717) is 24.1 Å². The van der Waals surface area contributed by atoms with Crippen molar-refractivity contribution in [2.75, 3.05) is 39.2 Å². The van der Waals surface area contributed by atoms with Crippen LogP contribution in [0.4, 0.5) is 10.1 Å². The van der Waals surface area contributed by atoms with Crippen LogP contribution in [0.5, 0.6) is 0 Å². The van der Waals surface area contributed by atoms with Crippen LogP contribution in [-0.2, 0) is 11.3 Å². The highest BCUT2D eigenvalue weighted by molar-refractivity contribution is 14.0. The normalized spacial score (nSPS) is 12.5. The van der Waals surface area contributed by atoms with Gasteiger partial charge < -0.3 is 20.3 Å². The Morgan fingerprint density at radius 1 is 1.27 bits per heavy atom. The molecule has 0 aliphatic rings. The summed E-state index contributed by atoms with van der Waals surface area (Å²) in [6.45, 7) is 8.37. The summed E-state index contributed by atoms with van der Waals surface area (Å²) in [5.41, 5.74) is 1.46. The lowest BCUT2D eigenvalue weighted by Crippen LogP contribution is -2.39. The summed E-state index contributed by atoms with van der Waals surface area (Å²) in [4.78, 5) is 5.97. The molecule has 0 spiro atoms. The number of guanidine groups is 1. The Morgan fingerprint density at radius 2 is 1.96 bits per heavy atom. The smallest absolute Gasteiger partial charge is 0.191 e. The molecule has 26 heavy (non-hydrogen) atoms. The molecule has 1 aromatic rings. The second-order valence-corrected chi connectivity index (χ2v) is 6.56. The number of hydrogen-bond donors (Lipinski definition) is 2. The number of ether oxygens (including phenoxy) is 1. The fourth-order valence-electron chi connectivity index (χ4n) is 2.59. The van der Waals surface area contributed by atoms with E-state index < -0.39 is 0 Å². The molecule has 0 saturated carbocycles. The molecule has 0 aliphatic heterocycles. The first-order valence-corrected chi connectivity index (χ1v) is 8.90. The predicted molar refractivity (Wildman–Crippen MR) is 119 cm³/mol. The molecule has 0 radical (unpaired) electrons. The zero-order valence-electron chi connectivity index (χ0n) is 16.8. The summed E-state index contributed by atoms with van der Waals surface area (Å²) < 4.78 is 19.8. The fraction of sp³-hybridized carbons (Fsp3) is 0.632. The average Bonchev–Trinajstić information content (AvgIpc) is 2.56. The molecule has 5 nitrogen and oxygen atoms in total. The SMILES string of the molecule is CCOC(CCNC(=NC)NCc1ccc(N(C)C)c(F)c1)C(C)C.I. The first-order chi connectivity index (χ1) is 11.9. The monoisotopic (exact) mass is 480 g/mol. The second kappa shape index (κ2) is 13.1. The molecule has 0 saturated heterocycles. The summed E-state index contributed by atoms with van der Waals surface area (Å²) in [5.74, 6) is 0.967. The number of benzene rings is 1. The van der Waals surface area contributed by atoms with E-state index in [4.69, 9.17) is 4.74 Å². The Morgan fingerprint density at radius 3 is 2.46 bits per heavy atom. The van der Waals surface area contributed by atoms with Crippen LogP contribution in [0.25, 0.3) is 0 Å². The molecule has 0 bridgehead atoms. The number of aliphatic imine (C=N–C) groups is 1. The molecule has 150 valence electrons. The van der Waals surface area contributed by atoms with Crippen molar-refractivity contribution in [3.8, 4) is 0 Å². The van der Waals surface area contributed by atoms with Gasteiger partial charge in [-0.2, -0.15) is 0 Å². The summed E-state index contributed by atoms with van der Waals surface area (Å²) >= 11 is 0. The van der Waals surface area contributed by atoms with Gasteiger partial charge >= 0.3 is 0 Å². The minimum atomic E-state index is -0.219. The molecule has 2 N–H and O–H groups in total. The van der Waals surface area contributed by atoms with Gasteiger partial charge in [0, 0.05) is 40.8 Å². The molecule has 1 unspecified atom stereocenters. The zero-order chi connectivity index (χ0) is 18.8. The molecule has 0 heterocycles. The van der Waals surface area contributed by atoms with Gasteiger partial charge in [-0.3, -0.25) is 4.99 Å². The fourth-order valence-corrected chi connectivity index (χ4v) is 2.59. The summed E-state index contributed by atoms with van der Waals surface area (Å²) in [7, 11) is 5.39. The van der Waals surface area contributed by atoms with Crippen LogP contribution in [0.3, 0.4) is 0 Å². The first-order valence-electron chi connectivity index (χ1n) is 8.90. The van der Waals surface area contributed by atoms with E-state index in [2.05, 4.69) is 29.5 Å². The van der Waals surface area contributed by atoms with Gasteiger partial charge in [0.2, 0.25) is 0 Å². The Bertz CT molecular complexity index is 552. The van der Waals surface area contributed by atoms with Crippen LogP contribution < -0.4 is 15.5 Å². The van der Waals surface area contributed by atoms with Crippen LogP contribution in [0.1, 0.15) is 32.8 Å². The Hall–Kier alpha value is -1.09. The van der Waals surface area contributed by atoms with E-state index in [1.807, 2.05) is 27.1 Å². The molecular weight excluding hydrogens is 446 g/mol. The van der Waals surface area contributed by atoms with Crippen molar-refractivity contribution in [2.45, 2.75) is 39.8 Å². The van der Waals surface area contributed by atoms with E-state index in [1.165, 1.54) is 0 Å². The van der Waals surface area contributed by atoms with Crippen LogP contribution in [-0.4, -0.2) is 46.4 Å². The third kappa shape index (κ3) is 8.53. The van der Waals surface area contributed by atoms with Crippen LogP contribution in [0.15, 0.2) is 23.2 Å². The second-order valence-electron chi connectivity index (χ2n) is 6.56. The molecule has 1 aromatic carbocycles.